The van der Waals surface area contributed by atoms with Crippen molar-refractivity contribution in [2.75, 3.05) is 39.3 Å². The summed E-state index contributed by atoms with van der Waals surface area (Å²) in [5, 5.41) is 6.51. The maximum absolute atomic E-state index is 11.0. The van der Waals surface area contributed by atoms with Crippen LogP contribution < -0.4 is 22.1 Å². The van der Waals surface area contributed by atoms with Gasteiger partial charge in [-0.1, -0.05) is 0 Å². The zero-order valence-electron chi connectivity index (χ0n) is 11.4. The minimum absolute atomic E-state index is 0.0781. The number of esters is 1. The van der Waals surface area contributed by atoms with Gasteiger partial charge in [0.25, 0.3) is 0 Å². The minimum atomic E-state index is -0.234. The molecule has 0 radical (unpaired) electrons. The lowest BCUT2D eigenvalue weighted by atomic mass is 10.2. The first-order valence-electron chi connectivity index (χ1n) is 6.69. The van der Waals surface area contributed by atoms with Crippen LogP contribution in [-0.2, 0) is 9.53 Å². The molecule has 0 saturated heterocycles. The molecule has 0 fully saturated rings. The van der Waals surface area contributed by atoms with E-state index in [1.165, 1.54) is 6.92 Å². The molecular weight excluding hydrogens is 232 g/mol. The number of carbonyl (C=O) groups is 1. The third-order valence-corrected chi connectivity index (χ3v) is 2.46. The predicted octanol–water partition coefficient (Wildman–Crippen LogP) is -0.815. The van der Waals surface area contributed by atoms with Crippen LogP contribution in [0.25, 0.3) is 0 Å². The van der Waals surface area contributed by atoms with E-state index in [1.54, 1.807) is 0 Å². The first kappa shape index (κ1) is 17.3. The van der Waals surface area contributed by atoms with E-state index in [0.717, 1.165) is 38.9 Å². The average molecular weight is 260 g/mol. The Labute approximate surface area is 110 Å². The zero-order chi connectivity index (χ0) is 13.6. The molecule has 0 rings (SSSR count). The highest BCUT2D eigenvalue weighted by Crippen LogP contribution is 1.97. The molecule has 0 aromatic rings. The Bertz CT molecular complexity index is 203. The lowest BCUT2D eigenvalue weighted by Crippen LogP contribution is -2.34. The molecule has 0 aliphatic rings. The second-order valence-corrected chi connectivity index (χ2v) is 4.26. The molecule has 0 aliphatic carbocycles. The highest BCUT2D eigenvalue weighted by molar-refractivity contribution is 5.66. The molecular formula is C12H28N4O2. The molecule has 0 aromatic carbocycles. The van der Waals surface area contributed by atoms with Crippen LogP contribution in [0.15, 0.2) is 0 Å². The van der Waals surface area contributed by atoms with E-state index >= 15 is 0 Å². The van der Waals surface area contributed by atoms with E-state index in [9.17, 15) is 4.79 Å². The van der Waals surface area contributed by atoms with Gasteiger partial charge in [0.2, 0.25) is 0 Å². The molecule has 0 heterocycles. The van der Waals surface area contributed by atoms with E-state index < -0.39 is 0 Å². The van der Waals surface area contributed by atoms with Crippen LogP contribution in [0.4, 0.5) is 0 Å². The summed E-state index contributed by atoms with van der Waals surface area (Å²) >= 11 is 0. The normalized spacial score (nSPS) is 12.4. The Morgan fingerprint density at radius 1 is 1.11 bits per heavy atom. The lowest BCUT2D eigenvalue weighted by molar-refractivity contribution is -0.146. The third-order valence-electron chi connectivity index (χ3n) is 2.46. The minimum Gasteiger partial charge on any atom is -0.461 e. The van der Waals surface area contributed by atoms with Crippen molar-refractivity contribution >= 4 is 5.97 Å². The first-order valence-corrected chi connectivity index (χ1v) is 6.69. The van der Waals surface area contributed by atoms with Gasteiger partial charge in [-0.3, -0.25) is 4.79 Å². The van der Waals surface area contributed by atoms with Gasteiger partial charge in [0, 0.05) is 13.5 Å². The van der Waals surface area contributed by atoms with Gasteiger partial charge in [-0.15, -0.1) is 0 Å². The fourth-order valence-corrected chi connectivity index (χ4v) is 1.54. The molecule has 6 N–H and O–H groups in total. The average Bonchev–Trinajstić information content (AvgIpc) is 2.33. The lowest BCUT2D eigenvalue weighted by Gasteiger charge is -2.18. The number of carbonyl (C=O) groups excluding carboxylic acids is 1. The fraction of sp³-hybridized carbons (Fsp3) is 0.917. The standard InChI is InChI=1S/C12H28N4O2/c1-11(17)18-12(10-16-8-3-6-14)4-9-15-7-2-5-13/h12,15-16H,2-10,13-14H2,1H3. The number of hydrogen-bond donors (Lipinski definition) is 4. The highest BCUT2D eigenvalue weighted by Gasteiger charge is 2.10. The van der Waals surface area contributed by atoms with Crippen LogP contribution in [0, 0.1) is 0 Å². The molecule has 0 saturated carbocycles. The van der Waals surface area contributed by atoms with Crippen LogP contribution in [0.2, 0.25) is 0 Å². The van der Waals surface area contributed by atoms with Crippen molar-refractivity contribution in [3.8, 4) is 0 Å². The Balaban J connectivity index is 3.66. The summed E-state index contributed by atoms with van der Waals surface area (Å²) in [5.74, 6) is -0.234. The maximum Gasteiger partial charge on any atom is 0.302 e. The van der Waals surface area contributed by atoms with Crippen molar-refractivity contribution in [3.05, 3.63) is 0 Å². The van der Waals surface area contributed by atoms with E-state index in [1.807, 2.05) is 0 Å². The topological polar surface area (TPSA) is 102 Å². The Morgan fingerprint density at radius 3 is 2.28 bits per heavy atom. The second kappa shape index (κ2) is 12.8. The van der Waals surface area contributed by atoms with Gasteiger partial charge in [-0.25, -0.2) is 0 Å². The molecule has 18 heavy (non-hydrogen) atoms. The number of nitrogens with two attached hydrogens (primary N) is 2. The quantitative estimate of drug-likeness (QED) is 0.270. The van der Waals surface area contributed by atoms with Crippen molar-refractivity contribution in [3.63, 3.8) is 0 Å². The SMILES string of the molecule is CC(=O)OC(CCNCCCN)CNCCCN. The Morgan fingerprint density at radius 2 is 1.72 bits per heavy atom. The molecule has 0 aliphatic heterocycles. The summed E-state index contributed by atoms with van der Waals surface area (Å²) < 4.78 is 5.24. The smallest absolute Gasteiger partial charge is 0.302 e. The van der Waals surface area contributed by atoms with Crippen LogP contribution in [0.5, 0.6) is 0 Å². The van der Waals surface area contributed by atoms with Crippen molar-refractivity contribution in [1.82, 2.24) is 10.6 Å². The van der Waals surface area contributed by atoms with Crippen molar-refractivity contribution < 1.29 is 9.53 Å². The summed E-state index contributed by atoms with van der Waals surface area (Å²) in [6.45, 7) is 6.08. The summed E-state index contributed by atoms with van der Waals surface area (Å²) in [4.78, 5) is 11.0. The summed E-state index contributed by atoms with van der Waals surface area (Å²) in [6.07, 6.45) is 2.62. The van der Waals surface area contributed by atoms with E-state index in [0.29, 0.717) is 19.6 Å². The maximum atomic E-state index is 11.0. The van der Waals surface area contributed by atoms with Crippen LogP contribution in [0.1, 0.15) is 26.2 Å². The summed E-state index contributed by atoms with van der Waals surface area (Å²) in [7, 11) is 0. The van der Waals surface area contributed by atoms with Gasteiger partial charge in [-0.2, -0.15) is 0 Å². The Hall–Kier alpha value is -0.690. The molecule has 1 atom stereocenters. The first-order chi connectivity index (χ1) is 8.70. The van der Waals surface area contributed by atoms with Gasteiger partial charge in [0.1, 0.15) is 6.10 Å². The predicted molar refractivity (Wildman–Crippen MR) is 73.3 cm³/mol. The van der Waals surface area contributed by atoms with E-state index in [2.05, 4.69) is 10.6 Å². The van der Waals surface area contributed by atoms with E-state index in [4.69, 9.17) is 16.2 Å². The highest BCUT2D eigenvalue weighted by atomic mass is 16.5. The van der Waals surface area contributed by atoms with Crippen molar-refractivity contribution in [1.29, 1.82) is 0 Å². The van der Waals surface area contributed by atoms with Gasteiger partial charge < -0.3 is 26.8 Å². The monoisotopic (exact) mass is 260 g/mol. The zero-order valence-corrected chi connectivity index (χ0v) is 11.4. The fourth-order valence-electron chi connectivity index (χ4n) is 1.54. The number of ether oxygens (including phenoxy) is 1. The van der Waals surface area contributed by atoms with Crippen LogP contribution in [0.3, 0.4) is 0 Å². The van der Waals surface area contributed by atoms with Crippen LogP contribution >= 0.6 is 0 Å². The number of nitrogens with one attached hydrogen (secondary N) is 2. The van der Waals surface area contributed by atoms with Gasteiger partial charge >= 0.3 is 5.97 Å². The molecule has 6 nitrogen and oxygen atoms in total. The summed E-state index contributed by atoms with van der Waals surface area (Å²) in [6, 6.07) is 0. The second-order valence-electron chi connectivity index (χ2n) is 4.26. The van der Waals surface area contributed by atoms with Crippen LogP contribution in [-0.4, -0.2) is 51.3 Å². The van der Waals surface area contributed by atoms with E-state index in [-0.39, 0.29) is 12.1 Å². The molecule has 108 valence electrons. The molecule has 0 amide bonds. The van der Waals surface area contributed by atoms with Gasteiger partial charge in [0.05, 0.1) is 0 Å². The third kappa shape index (κ3) is 11.8. The molecule has 6 heteroatoms. The van der Waals surface area contributed by atoms with Crippen molar-refractivity contribution in [2.24, 2.45) is 11.5 Å². The summed E-state index contributed by atoms with van der Waals surface area (Å²) in [5.41, 5.74) is 10.8. The molecule has 0 aromatic heterocycles. The number of rotatable bonds is 12. The molecule has 1 unspecified atom stereocenters. The van der Waals surface area contributed by atoms with Gasteiger partial charge in [-0.05, 0) is 52.0 Å². The molecule has 0 bridgehead atoms. The largest absolute Gasteiger partial charge is 0.461 e. The molecule has 0 spiro atoms. The Kier molecular flexibility index (Phi) is 12.3. The van der Waals surface area contributed by atoms with Crippen molar-refractivity contribution in [2.45, 2.75) is 32.3 Å². The number of hydrogen-bond acceptors (Lipinski definition) is 6. The van der Waals surface area contributed by atoms with Gasteiger partial charge in [0.15, 0.2) is 0 Å².